The van der Waals surface area contributed by atoms with E-state index < -0.39 is 0 Å². The minimum absolute atomic E-state index is 0.113. The third-order valence-corrected chi connectivity index (χ3v) is 3.65. The van der Waals surface area contributed by atoms with Crippen LogP contribution in [-0.4, -0.2) is 43.2 Å². The first kappa shape index (κ1) is 11.9. The molecule has 0 bridgehead atoms. The summed E-state index contributed by atoms with van der Waals surface area (Å²) in [6.07, 6.45) is 2.30. The Hall–Kier alpha value is -0.610. The Morgan fingerprint density at radius 3 is 2.75 bits per heavy atom. The molecular formula is C12H22N2O2. The van der Waals surface area contributed by atoms with Crippen LogP contribution in [0.1, 0.15) is 26.7 Å². The second-order valence-corrected chi connectivity index (χ2v) is 5.84. The highest BCUT2D eigenvalue weighted by Gasteiger charge is 2.37. The highest BCUT2D eigenvalue weighted by molar-refractivity contribution is 5.80. The molecule has 2 aliphatic heterocycles. The first-order valence-electron chi connectivity index (χ1n) is 6.12. The maximum Gasteiger partial charge on any atom is 0.229 e. The molecule has 0 radical (unpaired) electrons. The van der Waals surface area contributed by atoms with Crippen LogP contribution < -0.4 is 5.73 Å². The maximum absolute atomic E-state index is 12.3. The van der Waals surface area contributed by atoms with E-state index in [4.69, 9.17) is 10.5 Å². The van der Waals surface area contributed by atoms with Gasteiger partial charge >= 0.3 is 0 Å². The molecule has 16 heavy (non-hydrogen) atoms. The molecule has 0 aliphatic carbocycles. The zero-order valence-electron chi connectivity index (χ0n) is 10.2. The monoisotopic (exact) mass is 226 g/mol. The smallest absolute Gasteiger partial charge is 0.229 e. The fourth-order valence-corrected chi connectivity index (χ4v) is 2.67. The zero-order valence-corrected chi connectivity index (χ0v) is 10.2. The highest BCUT2D eigenvalue weighted by atomic mass is 16.5. The summed E-state index contributed by atoms with van der Waals surface area (Å²) in [7, 11) is 0. The lowest BCUT2D eigenvalue weighted by molar-refractivity contribution is -0.138. The molecule has 0 saturated carbocycles. The standard InChI is InChI=1S/C12H22N2O2/c1-12(2)4-3-5-14(8-12)11(15)9-6-16-7-10(9)13/h9-10H,3-8,13H2,1-2H3. The molecule has 2 fully saturated rings. The average molecular weight is 226 g/mol. The molecule has 4 nitrogen and oxygen atoms in total. The highest BCUT2D eigenvalue weighted by Crippen LogP contribution is 2.29. The minimum atomic E-state index is -0.117. The van der Waals surface area contributed by atoms with Crippen LogP contribution in [0.3, 0.4) is 0 Å². The largest absolute Gasteiger partial charge is 0.379 e. The van der Waals surface area contributed by atoms with Gasteiger partial charge in [0.05, 0.1) is 19.1 Å². The number of amides is 1. The molecule has 4 heteroatoms. The van der Waals surface area contributed by atoms with Crippen molar-refractivity contribution in [2.24, 2.45) is 17.1 Å². The summed E-state index contributed by atoms with van der Waals surface area (Å²) in [5.74, 6) is 0.0756. The molecule has 0 aromatic carbocycles. The topological polar surface area (TPSA) is 55.6 Å². The van der Waals surface area contributed by atoms with E-state index in [0.717, 1.165) is 19.5 Å². The predicted octanol–water partition coefficient (Wildman–Crippen LogP) is 0.609. The first-order chi connectivity index (χ1) is 7.49. The van der Waals surface area contributed by atoms with Crippen LogP contribution in [0.5, 0.6) is 0 Å². The van der Waals surface area contributed by atoms with Gasteiger partial charge in [0.2, 0.25) is 5.91 Å². The van der Waals surface area contributed by atoms with Gasteiger partial charge in [0.15, 0.2) is 0 Å². The first-order valence-corrected chi connectivity index (χ1v) is 6.12. The minimum Gasteiger partial charge on any atom is -0.379 e. The van der Waals surface area contributed by atoms with Gasteiger partial charge < -0.3 is 15.4 Å². The molecule has 0 aromatic rings. The van der Waals surface area contributed by atoms with Crippen LogP contribution in [0.4, 0.5) is 0 Å². The molecule has 2 N–H and O–H groups in total. The van der Waals surface area contributed by atoms with Crippen LogP contribution in [0.2, 0.25) is 0 Å². The number of hydrogen-bond donors (Lipinski definition) is 1. The van der Waals surface area contributed by atoms with Crippen molar-refractivity contribution in [3.8, 4) is 0 Å². The third-order valence-electron chi connectivity index (χ3n) is 3.65. The second-order valence-electron chi connectivity index (χ2n) is 5.84. The van der Waals surface area contributed by atoms with E-state index in [9.17, 15) is 4.79 Å². The normalized spacial score (nSPS) is 34.1. The third kappa shape index (κ3) is 2.38. The van der Waals surface area contributed by atoms with E-state index >= 15 is 0 Å². The Morgan fingerprint density at radius 2 is 2.19 bits per heavy atom. The molecule has 2 atom stereocenters. The van der Waals surface area contributed by atoms with E-state index in [0.29, 0.717) is 13.2 Å². The van der Waals surface area contributed by atoms with Gasteiger partial charge in [0.1, 0.15) is 0 Å². The van der Waals surface area contributed by atoms with Crippen molar-refractivity contribution in [2.75, 3.05) is 26.3 Å². The van der Waals surface area contributed by atoms with Gasteiger partial charge in [-0.15, -0.1) is 0 Å². The predicted molar refractivity (Wildman–Crippen MR) is 61.9 cm³/mol. The molecule has 0 spiro atoms. The molecule has 2 unspecified atom stereocenters. The SMILES string of the molecule is CC1(C)CCCN(C(=O)C2COCC2N)C1. The molecule has 0 aromatic heterocycles. The van der Waals surface area contributed by atoms with Crippen molar-refractivity contribution in [3.63, 3.8) is 0 Å². The summed E-state index contributed by atoms with van der Waals surface area (Å²) in [6, 6.07) is -0.113. The van der Waals surface area contributed by atoms with Crippen molar-refractivity contribution < 1.29 is 9.53 Å². The molecule has 2 rings (SSSR count). The quantitative estimate of drug-likeness (QED) is 0.712. The molecule has 92 valence electrons. The fraction of sp³-hybridized carbons (Fsp3) is 0.917. The lowest BCUT2D eigenvalue weighted by atomic mass is 9.83. The lowest BCUT2D eigenvalue weighted by Crippen LogP contribution is -2.49. The fourth-order valence-electron chi connectivity index (χ4n) is 2.67. The number of carbonyl (C=O) groups is 1. The van der Waals surface area contributed by atoms with Crippen molar-refractivity contribution in [1.29, 1.82) is 0 Å². The summed E-state index contributed by atoms with van der Waals surface area (Å²) in [4.78, 5) is 14.2. The molecule has 2 aliphatic rings. The van der Waals surface area contributed by atoms with Crippen molar-refractivity contribution >= 4 is 5.91 Å². The van der Waals surface area contributed by atoms with E-state index in [1.165, 1.54) is 6.42 Å². The van der Waals surface area contributed by atoms with Gasteiger partial charge in [0.25, 0.3) is 0 Å². The van der Waals surface area contributed by atoms with Gasteiger partial charge in [-0.05, 0) is 18.3 Å². The summed E-state index contributed by atoms with van der Waals surface area (Å²) in [6.45, 7) is 7.19. The molecule has 2 saturated heterocycles. The second kappa shape index (κ2) is 4.34. The van der Waals surface area contributed by atoms with Crippen LogP contribution in [-0.2, 0) is 9.53 Å². The molecule has 2 heterocycles. The van der Waals surface area contributed by atoms with Crippen molar-refractivity contribution in [3.05, 3.63) is 0 Å². The van der Waals surface area contributed by atoms with Gasteiger partial charge in [-0.3, -0.25) is 4.79 Å². The van der Waals surface area contributed by atoms with E-state index in [1.807, 2.05) is 4.90 Å². The number of carbonyl (C=O) groups excluding carboxylic acids is 1. The number of hydrogen-bond acceptors (Lipinski definition) is 3. The number of ether oxygens (including phenoxy) is 1. The Kier molecular flexibility index (Phi) is 3.22. The van der Waals surface area contributed by atoms with Crippen LogP contribution >= 0.6 is 0 Å². The Bertz CT molecular complexity index is 278. The number of nitrogens with two attached hydrogens (primary N) is 1. The summed E-state index contributed by atoms with van der Waals surface area (Å²) < 4.78 is 5.26. The Balaban J connectivity index is 1.99. The van der Waals surface area contributed by atoms with Crippen LogP contribution in [0.25, 0.3) is 0 Å². The van der Waals surface area contributed by atoms with Gasteiger partial charge in [-0.25, -0.2) is 0 Å². The van der Waals surface area contributed by atoms with Gasteiger partial charge in [-0.2, -0.15) is 0 Å². The summed E-state index contributed by atoms with van der Waals surface area (Å²) in [5.41, 5.74) is 6.13. The van der Waals surface area contributed by atoms with Gasteiger partial charge in [0, 0.05) is 19.1 Å². The number of rotatable bonds is 1. The number of likely N-dealkylation sites (tertiary alicyclic amines) is 1. The average Bonchev–Trinajstić information content (AvgIpc) is 2.62. The molecular weight excluding hydrogens is 204 g/mol. The van der Waals surface area contributed by atoms with E-state index in [2.05, 4.69) is 13.8 Å². The van der Waals surface area contributed by atoms with E-state index in [-0.39, 0.29) is 23.3 Å². The van der Waals surface area contributed by atoms with Crippen molar-refractivity contribution in [1.82, 2.24) is 4.90 Å². The number of piperidine rings is 1. The number of nitrogens with zero attached hydrogens (tertiary/aromatic N) is 1. The van der Waals surface area contributed by atoms with Crippen LogP contribution in [0.15, 0.2) is 0 Å². The van der Waals surface area contributed by atoms with Crippen molar-refractivity contribution in [2.45, 2.75) is 32.7 Å². The molecule has 1 amide bonds. The van der Waals surface area contributed by atoms with E-state index in [1.54, 1.807) is 0 Å². The Morgan fingerprint density at radius 1 is 1.44 bits per heavy atom. The summed E-state index contributed by atoms with van der Waals surface area (Å²) in [5, 5.41) is 0. The summed E-state index contributed by atoms with van der Waals surface area (Å²) >= 11 is 0. The van der Waals surface area contributed by atoms with Crippen LogP contribution in [0, 0.1) is 11.3 Å². The van der Waals surface area contributed by atoms with Gasteiger partial charge in [-0.1, -0.05) is 13.8 Å². The maximum atomic E-state index is 12.3. The zero-order chi connectivity index (χ0) is 11.8. The lowest BCUT2D eigenvalue weighted by Gasteiger charge is -2.39. The Labute approximate surface area is 97.1 Å².